The van der Waals surface area contributed by atoms with E-state index in [-0.39, 0.29) is 11.7 Å². The molecular weight excluding hydrogens is 601 g/mol. The predicted molar refractivity (Wildman–Crippen MR) is 164 cm³/mol. The predicted octanol–water partition coefficient (Wildman–Crippen LogP) is 5.26. The van der Waals surface area contributed by atoms with Gasteiger partial charge in [0, 0.05) is 67.5 Å². The van der Waals surface area contributed by atoms with Crippen molar-refractivity contribution in [3.8, 4) is 11.3 Å². The van der Waals surface area contributed by atoms with Gasteiger partial charge in [-0.25, -0.2) is 9.59 Å². The van der Waals surface area contributed by atoms with Crippen LogP contribution in [-0.4, -0.2) is 61.2 Å². The minimum atomic E-state index is -0.833. The van der Waals surface area contributed by atoms with Crippen LogP contribution in [0.15, 0.2) is 41.2 Å². The lowest BCUT2D eigenvalue weighted by Crippen LogP contribution is -2.38. The van der Waals surface area contributed by atoms with Crippen molar-refractivity contribution in [2.24, 2.45) is 12.8 Å². The minimum Gasteiger partial charge on any atom is -0.351 e. The summed E-state index contributed by atoms with van der Waals surface area (Å²) in [5.74, 6) is 0. The third-order valence-corrected chi connectivity index (χ3v) is 9.30. The Kier molecular flexibility index (Phi) is 8.26. The number of carbonyl (C=O) groups is 1. The highest BCUT2D eigenvalue weighted by molar-refractivity contribution is 6.42. The van der Waals surface area contributed by atoms with Crippen LogP contribution in [0.1, 0.15) is 36.6 Å². The monoisotopic (exact) mass is 631 g/mol. The van der Waals surface area contributed by atoms with Gasteiger partial charge in [-0.1, -0.05) is 40.9 Å². The molecule has 222 valence electrons. The van der Waals surface area contributed by atoms with Crippen LogP contribution in [0.4, 0.5) is 4.79 Å². The van der Waals surface area contributed by atoms with Crippen molar-refractivity contribution in [1.29, 1.82) is 0 Å². The molecule has 4 heterocycles. The SMILES string of the molecule is Cn1c(=O)n(C2CCN(CCCn3nc(-c4ccc(Cl)c(Cl)c4)c4c3CCN(OC(N)=O)C4)CC2)c2cc(Cl)ccc21. The molecule has 2 aromatic carbocycles. The van der Waals surface area contributed by atoms with Gasteiger partial charge in [0.25, 0.3) is 0 Å². The lowest BCUT2D eigenvalue weighted by molar-refractivity contribution is -0.107. The number of rotatable bonds is 7. The molecule has 2 aromatic heterocycles. The summed E-state index contributed by atoms with van der Waals surface area (Å²) in [4.78, 5) is 32.1. The third kappa shape index (κ3) is 5.66. The molecule has 2 aliphatic heterocycles. The molecule has 0 unspecified atom stereocenters. The van der Waals surface area contributed by atoms with Gasteiger partial charge in [0.1, 0.15) is 0 Å². The standard InChI is InChI=1S/C29H32Cl3N7O3/c1-35-25-6-4-19(30)16-26(25)39(29(35)41)20-7-12-36(13-8-20)10-2-11-38-24-9-14-37(42-28(33)40)17-21(24)27(34-38)18-3-5-22(31)23(32)15-18/h3-6,15-16,20H,2,7-14,17H2,1H3,(H2,33,40). The van der Waals surface area contributed by atoms with Gasteiger partial charge in [0.05, 0.1) is 33.3 Å². The highest BCUT2D eigenvalue weighted by atomic mass is 35.5. The lowest BCUT2D eigenvalue weighted by atomic mass is 10.0. The number of halogens is 3. The number of amides is 1. The third-order valence-electron chi connectivity index (χ3n) is 8.33. The molecule has 0 spiro atoms. The van der Waals surface area contributed by atoms with Gasteiger partial charge < -0.3 is 15.5 Å². The quantitative estimate of drug-likeness (QED) is 0.298. The summed E-state index contributed by atoms with van der Waals surface area (Å²) in [6.45, 7) is 4.44. The second-order valence-electron chi connectivity index (χ2n) is 10.9. The minimum absolute atomic E-state index is 0.00625. The number of carbonyl (C=O) groups excluding carboxylic acids is 1. The first kappa shape index (κ1) is 29.1. The molecule has 2 aliphatic rings. The lowest BCUT2D eigenvalue weighted by Gasteiger charge is -2.32. The Labute approximate surface area is 258 Å². The molecule has 0 radical (unpaired) electrons. The van der Waals surface area contributed by atoms with Crippen LogP contribution < -0.4 is 11.4 Å². The summed E-state index contributed by atoms with van der Waals surface area (Å²) in [7, 11) is 1.81. The van der Waals surface area contributed by atoms with Gasteiger partial charge in [0.15, 0.2) is 0 Å². The molecule has 42 heavy (non-hydrogen) atoms. The molecule has 1 fully saturated rings. The molecule has 0 atom stereocenters. The fourth-order valence-electron chi connectivity index (χ4n) is 6.27. The Morgan fingerprint density at radius 3 is 2.55 bits per heavy atom. The van der Waals surface area contributed by atoms with Gasteiger partial charge in [0.2, 0.25) is 0 Å². The van der Waals surface area contributed by atoms with E-state index in [2.05, 4.69) is 9.58 Å². The van der Waals surface area contributed by atoms with Gasteiger partial charge in [-0.15, -0.1) is 5.06 Å². The number of fused-ring (bicyclic) bond motifs is 2. The molecule has 13 heteroatoms. The zero-order chi connectivity index (χ0) is 29.5. The summed E-state index contributed by atoms with van der Waals surface area (Å²) >= 11 is 18.7. The normalized spacial score (nSPS) is 16.7. The van der Waals surface area contributed by atoms with Crippen molar-refractivity contribution in [2.75, 3.05) is 26.2 Å². The number of nitrogens with zero attached hydrogens (tertiary/aromatic N) is 6. The zero-order valence-corrected chi connectivity index (χ0v) is 25.5. The van der Waals surface area contributed by atoms with Crippen molar-refractivity contribution in [3.63, 3.8) is 0 Å². The van der Waals surface area contributed by atoms with Crippen LogP contribution in [0.2, 0.25) is 15.1 Å². The maximum Gasteiger partial charge on any atom is 0.423 e. The van der Waals surface area contributed by atoms with E-state index in [1.54, 1.807) is 15.7 Å². The van der Waals surface area contributed by atoms with E-state index >= 15 is 0 Å². The van der Waals surface area contributed by atoms with Crippen LogP contribution in [-0.2, 0) is 31.4 Å². The number of hydrogen-bond acceptors (Lipinski definition) is 6. The number of piperidine rings is 1. The summed E-state index contributed by atoms with van der Waals surface area (Å²) in [5, 5.41) is 8.11. The van der Waals surface area contributed by atoms with E-state index < -0.39 is 6.09 Å². The smallest absolute Gasteiger partial charge is 0.351 e. The van der Waals surface area contributed by atoms with E-state index in [4.69, 9.17) is 50.5 Å². The van der Waals surface area contributed by atoms with Gasteiger partial charge in [-0.05, 0) is 56.1 Å². The van der Waals surface area contributed by atoms with Gasteiger partial charge in [-0.2, -0.15) is 5.10 Å². The first-order valence-electron chi connectivity index (χ1n) is 14.0. The number of benzene rings is 2. The van der Waals surface area contributed by atoms with Crippen molar-refractivity contribution < 1.29 is 9.63 Å². The summed E-state index contributed by atoms with van der Waals surface area (Å²) < 4.78 is 5.69. The Hall–Kier alpha value is -3.02. The highest BCUT2D eigenvalue weighted by Gasteiger charge is 2.28. The van der Waals surface area contributed by atoms with Crippen LogP contribution in [0, 0.1) is 0 Å². The van der Waals surface area contributed by atoms with Gasteiger partial charge >= 0.3 is 11.8 Å². The molecular formula is C29H32Cl3N7O3. The highest BCUT2D eigenvalue weighted by Crippen LogP contribution is 2.34. The van der Waals surface area contributed by atoms with Crippen LogP contribution in [0.25, 0.3) is 22.3 Å². The van der Waals surface area contributed by atoms with Crippen molar-refractivity contribution >= 4 is 51.9 Å². The molecule has 1 saturated heterocycles. The van der Waals surface area contributed by atoms with E-state index in [1.807, 2.05) is 41.9 Å². The number of imidazole rings is 1. The van der Waals surface area contributed by atoms with E-state index in [1.165, 1.54) is 0 Å². The molecule has 10 nitrogen and oxygen atoms in total. The van der Waals surface area contributed by atoms with Crippen LogP contribution in [0.3, 0.4) is 0 Å². The second-order valence-corrected chi connectivity index (χ2v) is 12.2. The van der Waals surface area contributed by atoms with Crippen LogP contribution in [0.5, 0.6) is 0 Å². The Morgan fingerprint density at radius 1 is 1.02 bits per heavy atom. The number of likely N-dealkylation sites (tertiary alicyclic amines) is 1. The maximum atomic E-state index is 13.1. The number of aromatic nitrogens is 4. The van der Waals surface area contributed by atoms with E-state index in [0.717, 1.165) is 79.0 Å². The average Bonchev–Trinajstić information content (AvgIpc) is 3.44. The van der Waals surface area contributed by atoms with E-state index in [0.29, 0.717) is 34.6 Å². The summed E-state index contributed by atoms with van der Waals surface area (Å²) in [5.41, 5.74) is 10.8. The maximum absolute atomic E-state index is 13.1. The first-order chi connectivity index (χ1) is 20.2. The molecule has 4 aromatic rings. The Balaban J connectivity index is 1.13. The number of hydrogen-bond donors (Lipinski definition) is 1. The fourth-order valence-corrected chi connectivity index (χ4v) is 6.73. The van der Waals surface area contributed by atoms with Crippen LogP contribution >= 0.6 is 34.8 Å². The molecule has 1 amide bonds. The molecule has 2 N–H and O–H groups in total. The number of hydroxylamine groups is 2. The average molecular weight is 633 g/mol. The van der Waals surface area contributed by atoms with Gasteiger partial charge in [-0.3, -0.25) is 13.8 Å². The molecule has 0 bridgehead atoms. The number of primary amides is 1. The topological polar surface area (TPSA) is 104 Å². The molecule has 0 aliphatic carbocycles. The first-order valence-corrected chi connectivity index (χ1v) is 15.2. The second kappa shape index (κ2) is 11.9. The summed E-state index contributed by atoms with van der Waals surface area (Å²) in [6, 6.07) is 11.2. The molecule has 0 saturated carbocycles. The molecule has 6 rings (SSSR count). The van der Waals surface area contributed by atoms with Crippen molar-refractivity contribution in [3.05, 3.63) is 73.2 Å². The fraction of sp³-hybridized carbons (Fsp3) is 0.414. The summed E-state index contributed by atoms with van der Waals surface area (Å²) in [6.07, 6.45) is 2.57. The van der Waals surface area contributed by atoms with E-state index in [9.17, 15) is 9.59 Å². The number of aryl methyl sites for hydroxylation is 2. The Morgan fingerprint density at radius 2 is 1.81 bits per heavy atom. The van der Waals surface area contributed by atoms with Crippen molar-refractivity contribution in [1.82, 2.24) is 28.9 Å². The Bertz CT molecular complexity index is 1700. The van der Waals surface area contributed by atoms with Crippen molar-refractivity contribution in [2.45, 2.75) is 44.8 Å². The zero-order valence-electron chi connectivity index (χ0n) is 23.2. The largest absolute Gasteiger partial charge is 0.423 e. The number of nitrogens with two attached hydrogens (primary N) is 1.